The van der Waals surface area contributed by atoms with Gasteiger partial charge in [0.25, 0.3) is 0 Å². The van der Waals surface area contributed by atoms with Crippen molar-refractivity contribution in [3.05, 3.63) is 46.4 Å². The van der Waals surface area contributed by atoms with E-state index in [1.807, 2.05) is 24.3 Å². The van der Waals surface area contributed by atoms with E-state index in [1.165, 1.54) is 11.3 Å². The first-order valence-electron chi connectivity index (χ1n) is 8.33. The molecule has 1 aromatic carbocycles. The number of carboxylic acid groups (broad SMARTS) is 1. The normalized spacial score (nSPS) is 16.9. The second-order valence-electron chi connectivity index (χ2n) is 6.28. The largest absolute Gasteiger partial charge is 0.481 e. The maximum absolute atomic E-state index is 12.1. The molecule has 3 rings (SSSR count). The predicted octanol–water partition coefficient (Wildman–Crippen LogP) is 1.62. The summed E-state index contributed by atoms with van der Waals surface area (Å²) in [5.74, 6) is -1.58. The highest BCUT2D eigenvalue weighted by molar-refractivity contribution is 7.07. The molecule has 26 heavy (non-hydrogen) atoms. The van der Waals surface area contributed by atoms with E-state index in [1.54, 1.807) is 10.9 Å². The van der Waals surface area contributed by atoms with E-state index in [4.69, 9.17) is 15.6 Å². The summed E-state index contributed by atoms with van der Waals surface area (Å²) in [5, 5.41) is 10.7. The van der Waals surface area contributed by atoms with E-state index < -0.39 is 23.7 Å². The number of carboxylic acids is 1. The van der Waals surface area contributed by atoms with Gasteiger partial charge < -0.3 is 20.5 Å². The molecule has 0 bridgehead atoms. The Morgan fingerprint density at radius 2 is 1.96 bits per heavy atom. The van der Waals surface area contributed by atoms with Gasteiger partial charge in [0.1, 0.15) is 12.2 Å². The number of carbonyl (C=O) groups excluding carboxylic acids is 1. The molecule has 1 atom stereocenters. The number of aromatic nitrogens is 1. The number of hydrogen-bond acceptors (Lipinski definition) is 7. The van der Waals surface area contributed by atoms with Crippen LogP contribution in [0.2, 0.25) is 0 Å². The van der Waals surface area contributed by atoms with Gasteiger partial charge in [-0.25, -0.2) is 4.98 Å². The van der Waals surface area contributed by atoms with Crippen LogP contribution in [-0.4, -0.2) is 48.1 Å². The fraction of sp³-hybridized carbons (Fsp3) is 0.389. The highest BCUT2D eigenvalue weighted by atomic mass is 32.1. The fourth-order valence-electron chi connectivity index (χ4n) is 3.11. The van der Waals surface area contributed by atoms with Crippen molar-refractivity contribution in [2.75, 3.05) is 31.2 Å². The number of morpholine rings is 1. The Bertz CT molecular complexity index is 757. The molecule has 138 valence electrons. The van der Waals surface area contributed by atoms with Crippen LogP contribution >= 0.6 is 11.3 Å². The molecular formula is C18H21N3O4S. The fourth-order valence-corrected chi connectivity index (χ4v) is 3.74. The van der Waals surface area contributed by atoms with Crippen molar-refractivity contribution in [3.8, 4) is 0 Å². The third kappa shape index (κ3) is 4.09. The van der Waals surface area contributed by atoms with Crippen molar-refractivity contribution in [2.24, 2.45) is 5.73 Å². The third-order valence-electron chi connectivity index (χ3n) is 4.47. The van der Waals surface area contributed by atoms with E-state index in [9.17, 15) is 9.59 Å². The number of thiazole rings is 1. The molecule has 1 aliphatic heterocycles. The number of Topliss-reactive ketones (excluding diaryl/α,β-unsaturated/α-hetero) is 1. The summed E-state index contributed by atoms with van der Waals surface area (Å²) in [7, 11) is 0. The van der Waals surface area contributed by atoms with Crippen LogP contribution in [0.5, 0.6) is 0 Å². The van der Waals surface area contributed by atoms with Crippen LogP contribution in [0.3, 0.4) is 0 Å². The van der Waals surface area contributed by atoms with Crippen molar-refractivity contribution in [1.29, 1.82) is 0 Å². The van der Waals surface area contributed by atoms with Gasteiger partial charge >= 0.3 is 5.97 Å². The number of rotatable bonds is 7. The Morgan fingerprint density at radius 3 is 2.54 bits per heavy atom. The summed E-state index contributed by atoms with van der Waals surface area (Å²) in [6, 6.07) is 7.71. The van der Waals surface area contributed by atoms with Gasteiger partial charge in [0.05, 0.1) is 30.0 Å². The number of anilines is 1. The zero-order valence-electron chi connectivity index (χ0n) is 14.3. The van der Waals surface area contributed by atoms with Crippen LogP contribution in [0.1, 0.15) is 24.1 Å². The Labute approximate surface area is 155 Å². The van der Waals surface area contributed by atoms with Crippen LogP contribution in [0.4, 0.5) is 5.69 Å². The Kier molecular flexibility index (Phi) is 5.65. The van der Waals surface area contributed by atoms with Crippen molar-refractivity contribution in [3.63, 3.8) is 0 Å². The van der Waals surface area contributed by atoms with E-state index in [0.29, 0.717) is 18.9 Å². The minimum Gasteiger partial charge on any atom is -0.481 e. The SMILES string of the molecule is NC(CC(=O)CC(=O)O)(c1ccc(N2CCOCC2)cc1)c1cscn1. The molecular weight excluding hydrogens is 354 g/mol. The lowest BCUT2D eigenvalue weighted by atomic mass is 9.83. The molecule has 2 heterocycles. The third-order valence-corrected chi connectivity index (χ3v) is 5.06. The smallest absolute Gasteiger partial charge is 0.310 e. The maximum atomic E-state index is 12.1. The van der Waals surface area contributed by atoms with Gasteiger partial charge in [-0.05, 0) is 17.7 Å². The van der Waals surface area contributed by atoms with Crippen molar-refractivity contribution in [1.82, 2.24) is 4.98 Å². The molecule has 1 saturated heterocycles. The number of nitrogens with two attached hydrogens (primary N) is 1. The van der Waals surface area contributed by atoms with Gasteiger partial charge in [-0.1, -0.05) is 12.1 Å². The number of carbonyl (C=O) groups is 2. The van der Waals surface area contributed by atoms with E-state index in [0.717, 1.165) is 24.3 Å². The lowest BCUT2D eigenvalue weighted by molar-refractivity contribution is -0.140. The molecule has 0 spiro atoms. The van der Waals surface area contributed by atoms with Crippen LogP contribution in [0, 0.1) is 0 Å². The first-order chi connectivity index (χ1) is 12.5. The molecule has 1 aliphatic rings. The van der Waals surface area contributed by atoms with Gasteiger partial charge in [0.15, 0.2) is 0 Å². The van der Waals surface area contributed by atoms with Gasteiger partial charge in [-0.2, -0.15) is 0 Å². The molecule has 0 radical (unpaired) electrons. The second kappa shape index (κ2) is 7.94. The molecule has 1 unspecified atom stereocenters. The molecule has 0 saturated carbocycles. The number of benzene rings is 1. The first-order valence-corrected chi connectivity index (χ1v) is 9.27. The zero-order valence-corrected chi connectivity index (χ0v) is 15.1. The molecule has 7 nitrogen and oxygen atoms in total. The van der Waals surface area contributed by atoms with Crippen LogP contribution in [0.15, 0.2) is 35.2 Å². The van der Waals surface area contributed by atoms with Crippen LogP contribution in [0.25, 0.3) is 0 Å². The van der Waals surface area contributed by atoms with E-state index in [2.05, 4.69) is 9.88 Å². The van der Waals surface area contributed by atoms with Gasteiger partial charge in [-0.3, -0.25) is 9.59 Å². The summed E-state index contributed by atoms with van der Waals surface area (Å²) in [6.45, 7) is 3.06. The van der Waals surface area contributed by atoms with Gasteiger partial charge in [-0.15, -0.1) is 11.3 Å². The predicted molar refractivity (Wildman–Crippen MR) is 98.4 cm³/mol. The average molecular weight is 375 g/mol. The van der Waals surface area contributed by atoms with Crippen molar-refractivity contribution < 1.29 is 19.4 Å². The Morgan fingerprint density at radius 1 is 1.27 bits per heavy atom. The molecule has 1 fully saturated rings. The Hall–Kier alpha value is -2.29. The number of ketones is 1. The summed E-state index contributed by atoms with van der Waals surface area (Å²) < 4.78 is 5.37. The number of ether oxygens (including phenoxy) is 1. The standard InChI is InChI=1S/C18H21N3O4S/c19-18(16-11-26-12-20-16,10-15(22)9-17(23)24)13-1-3-14(4-2-13)21-5-7-25-8-6-21/h1-4,11-12H,5-10,19H2,(H,23,24). The van der Waals surface area contributed by atoms with Crippen molar-refractivity contribution >= 4 is 28.8 Å². The maximum Gasteiger partial charge on any atom is 0.310 e. The number of hydrogen-bond donors (Lipinski definition) is 2. The molecule has 1 aromatic heterocycles. The topological polar surface area (TPSA) is 106 Å². The van der Waals surface area contributed by atoms with Crippen LogP contribution in [-0.2, 0) is 19.9 Å². The average Bonchev–Trinajstić information content (AvgIpc) is 3.17. The van der Waals surface area contributed by atoms with Gasteiger partial charge in [0.2, 0.25) is 0 Å². The van der Waals surface area contributed by atoms with E-state index in [-0.39, 0.29) is 6.42 Å². The molecule has 0 aliphatic carbocycles. The summed E-state index contributed by atoms with van der Waals surface area (Å²) in [4.78, 5) is 29.5. The van der Waals surface area contributed by atoms with E-state index >= 15 is 0 Å². The highest BCUT2D eigenvalue weighted by Crippen LogP contribution is 2.32. The van der Waals surface area contributed by atoms with Crippen LogP contribution < -0.4 is 10.6 Å². The number of nitrogens with zero attached hydrogens (tertiary/aromatic N) is 2. The number of aliphatic carboxylic acids is 1. The quantitative estimate of drug-likeness (QED) is 0.708. The lowest BCUT2D eigenvalue weighted by Crippen LogP contribution is -2.41. The van der Waals surface area contributed by atoms with Crippen molar-refractivity contribution in [2.45, 2.75) is 18.4 Å². The second-order valence-corrected chi connectivity index (χ2v) is 7.00. The Balaban J connectivity index is 1.87. The summed E-state index contributed by atoms with van der Waals surface area (Å²) >= 11 is 1.39. The lowest BCUT2D eigenvalue weighted by Gasteiger charge is -2.31. The molecule has 2 aromatic rings. The monoisotopic (exact) mass is 375 g/mol. The summed E-state index contributed by atoms with van der Waals surface area (Å²) in [5.41, 5.74) is 9.47. The summed E-state index contributed by atoms with van der Waals surface area (Å²) in [6.07, 6.45) is -0.658. The zero-order chi connectivity index (χ0) is 18.6. The first kappa shape index (κ1) is 18.5. The van der Waals surface area contributed by atoms with Gasteiger partial charge in [0, 0.05) is 30.6 Å². The highest BCUT2D eigenvalue weighted by Gasteiger charge is 2.34. The molecule has 8 heteroatoms. The minimum absolute atomic E-state index is 0.111. The molecule has 0 amide bonds. The minimum atomic E-state index is -1.15. The molecule has 3 N–H and O–H groups in total.